The molecule has 0 bridgehead atoms. The van der Waals surface area contributed by atoms with Crippen molar-refractivity contribution in [2.45, 2.75) is 79.6 Å². The molecule has 1 rings (SSSR count). The van der Waals surface area contributed by atoms with Gasteiger partial charge in [-0.2, -0.15) is 0 Å². The van der Waals surface area contributed by atoms with Gasteiger partial charge < -0.3 is 10.6 Å². The summed E-state index contributed by atoms with van der Waals surface area (Å²) in [5, 5.41) is 6.56. The molecule has 0 amide bonds. The molecule has 1 aliphatic carbocycles. The Hall–Kier alpha value is -0.0800. The summed E-state index contributed by atoms with van der Waals surface area (Å²) >= 11 is 0. The van der Waals surface area contributed by atoms with E-state index < -0.39 is 0 Å². The van der Waals surface area contributed by atoms with Crippen LogP contribution < -0.4 is 10.6 Å². The minimum Gasteiger partial charge on any atom is -0.320 e. The third kappa shape index (κ3) is 20.2. The van der Waals surface area contributed by atoms with Crippen LogP contribution in [0.2, 0.25) is 0 Å². The van der Waals surface area contributed by atoms with Crippen LogP contribution in [0.1, 0.15) is 79.6 Å². The Morgan fingerprint density at radius 3 is 1.90 bits per heavy atom. The lowest BCUT2D eigenvalue weighted by atomic mass is 9.91. The number of unbranched alkanes of at least 4 members (excludes halogenated alkanes) is 1. The molecule has 0 atom stereocenters. The van der Waals surface area contributed by atoms with Gasteiger partial charge in [-0.3, -0.25) is 0 Å². The van der Waals surface area contributed by atoms with Gasteiger partial charge in [0.1, 0.15) is 0 Å². The molecule has 0 aromatic rings. The van der Waals surface area contributed by atoms with Crippen molar-refractivity contribution in [1.29, 1.82) is 0 Å². The lowest BCUT2D eigenvalue weighted by Gasteiger charge is -2.15. The van der Waals surface area contributed by atoms with Crippen molar-refractivity contribution >= 4 is 0 Å². The molecule has 2 N–H and O–H groups in total. The van der Waals surface area contributed by atoms with Gasteiger partial charge >= 0.3 is 0 Å². The van der Waals surface area contributed by atoms with E-state index in [9.17, 15) is 0 Å². The molecular formula is C18H42N2. The number of nitrogens with one attached hydrogen (secondary N) is 2. The molecule has 0 unspecified atom stereocenters. The lowest BCUT2D eigenvalue weighted by Crippen LogP contribution is -2.21. The average Bonchev–Trinajstić information content (AvgIpc) is 2.46. The van der Waals surface area contributed by atoms with E-state index in [0.29, 0.717) is 0 Å². The van der Waals surface area contributed by atoms with E-state index >= 15 is 0 Å². The Kier molecular flexibility index (Phi) is 21.0. The van der Waals surface area contributed by atoms with E-state index in [1.54, 1.807) is 0 Å². The largest absolute Gasteiger partial charge is 0.320 e. The smallest absolute Gasteiger partial charge is 0.00258 e. The van der Waals surface area contributed by atoms with Crippen molar-refractivity contribution in [3.05, 3.63) is 0 Å². The molecule has 2 heteroatoms. The fourth-order valence-electron chi connectivity index (χ4n) is 2.25. The molecule has 20 heavy (non-hydrogen) atoms. The fourth-order valence-corrected chi connectivity index (χ4v) is 2.25. The van der Waals surface area contributed by atoms with E-state index in [2.05, 4.69) is 31.4 Å². The summed E-state index contributed by atoms with van der Waals surface area (Å²) in [6, 6.07) is 0. The van der Waals surface area contributed by atoms with Crippen molar-refractivity contribution in [2.24, 2.45) is 11.8 Å². The molecular weight excluding hydrogens is 244 g/mol. The Labute approximate surface area is 129 Å². The van der Waals surface area contributed by atoms with Crippen LogP contribution in [0.25, 0.3) is 0 Å². The summed E-state index contributed by atoms with van der Waals surface area (Å²) in [6.45, 7) is 14.3. The van der Waals surface area contributed by atoms with Crippen LogP contribution in [0.15, 0.2) is 0 Å². The first-order chi connectivity index (χ1) is 9.66. The van der Waals surface area contributed by atoms with E-state index in [4.69, 9.17) is 0 Å². The second-order valence-electron chi connectivity index (χ2n) is 6.15. The maximum Gasteiger partial charge on any atom is -0.00258 e. The average molecular weight is 287 g/mol. The molecule has 124 valence electrons. The standard InChI is InChI=1S/C9H22N2.C7H14.C2H6/c1-9(2)8-11-7-5-4-6-10-3;1-7-5-3-2-4-6-7;1-2/h9-11H,4-8H2,1-3H3;7H,2-6H2,1H3;1-2H3. The predicted octanol–water partition coefficient (Wildman–Crippen LogP) is 4.84. The minimum absolute atomic E-state index is 0.777. The summed E-state index contributed by atoms with van der Waals surface area (Å²) in [4.78, 5) is 0. The molecule has 0 aromatic heterocycles. The highest BCUT2D eigenvalue weighted by Crippen LogP contribution is 2.22. The zero-order valence-electron chi connectivity index (χ0n) is 15.2. The molecule has 0 spiro atoms. The van der Waals surface area contributed by atoms with Crippen molar-refractivity contribution in [3.63, 3.8) is 0 Å². The molecule has 1 aliphatic rings. The summed E-state index contributed by atoms with van der Waals surface area (Å²) in [5.74, 6) is 1.81. The maximum atomic E-state index is 3.42. The first-order valence-corrected chi connectivity index (χ1v) is 9.02. The zero-order valence-corrected chi connectivity index (χ0v) is 15.2. The van der Waals surface area contributed by atoms with Crippen molar-refractivity contribution < 1.29 is 0 Å². The van der Waals surface area contributed by atoms with Crippen LogP contribution in [0, 0.1) is 11.8 Å². The SMILES string of the molecule is CC.CC1CCCCC1.CNCCCCNCC(C)C. The topological polar surface area (TPSA) is 24.1 Å². The van der Waals surface area contributed by atoms with Gasteiger partial charge in [0, 0.05) is 0 Å². The van der Waals surface area contributed by atoms with Gasteiger partial charge in [0.05, 0.1) is 0 Å². The number of rotatable bonds is 7. The molecule has 1 fully saturated rings. The highest BCUT2D eigenvalue weighted by atomic mass is 14.9. The molecule has 0 heterocycles. The van der Waals surface area contributed by atoms with E-state index in [1.807, 2.05) is 20.9 Å². The molecule has 2 nitrogen and oxygen atoms in total. The Bertz CT molecular complexity index is 151. The van der Waals surface area contributed by atoms with Crippen molar-refractivity contribution in [2.75, 3.05) is 26.7 Å². The number of hydrogen-bond donors (Lipinski definition) is 2. The highest BCUT2D eigenvalue weighted by molar-refractivity contribution is 4.59. The normalized spacial score (nSPS) is 15.2. The zero-order chi connectivity index (χ0) is 15.6. The third-order valence-corrected chi connectivity index (χ3v) is 3.48. The van der Waals surface area contributed by atoms with Gasteiger partial charge in [0.25, 0.3) is 0 Å². The summed E-state index contributed by atoms with van der Waals surface area (Å²) in [5.41, 5.74) is 0. The fraction of sp³-hybridized carbons (Fsp3) is 1.00. The minimum atomic E-state index is 0.777. The molecule has 0 aliphatic heterocycles. The van der Waals surface area contributed by atoms with Crippen LogP contribution in [0.3, 0.4) is 0 Å². The van der Waals surface area contributed by atoms with Gasteiger partial charge in [-0.1, -0.05) is 66.7 Å². The van der Waals surface area contributed by atoms with E-state index in [-0.39, 0.29) is 0 Å². The summed E-state index contributed by atoms with van der Waals surface area (Å²) in [6.07, 6.45) is 10.0. The van der Waals surface area contributed by atoms with E-state index in [0.717, 1.165) is 24.9 Å². The molecule has 0 aromatic carbocycles. The summed E-state index contributed by atoms with van der Waals surface area (Å²) < 4.78 is 0. The van der Waals surface area contributed by atoms with Gasteiger partial charge in [-0.15, -0.1) is 0 Å². The highest BCUT2D eigenvalue weighted by Gasteiger charge is 2.05. The van der Waals surface area contributed by atoms with Crippen molar-refractivity contribution in [3.8, 4) is 0 Å². The second-order valence-corrected chi connectivity index (χ2v) is 6.15. The van der Waals surface area contributed by atoms with Gasteiger partial charge in [0.15, 0.2) is 0 Å². The Balaban J connectivity index is 0. The van der Waals surface area contributed by atoms with Crippen LogP contribution in [-0.2, 0) is 0 Å². The second kappa shape index (κ2) is 18.9. The monoisotopic (exact) mass is 286 g/mol. The molecule has 1 saturated carbocycles. The third-order valence-electron chi connectivity index (χ3n) is 3.48. The van der Waals surface area contributed by atoms with Gasteiger partial charge in [-0.05, 0) is 51.4 Å². The van der Waals surface area contributed by atoms with Crippen LogP contribution in [0.5, 0.6) is 0 Å². The Morgan fingerprint density at radius 1 is 0.950 bits per heavy atom. The van der Waals surface area contributed by atoms with Crippen LogP contribution in [0.4, 0.5) is 0 Å². The quantitative estimate of drug-likeness (QED) is 0.654. The van der Waals surface area contributed by atoms with Gasteiger partial charge in [0.2, 0.25) is 0 Å². The molecule has 0 radical (unpaired) electrons. The van der Waals surface area contributed by atoms with Crippen LogP contribution >= 0.6 is 0 Å². The van der Waals surface area contributed by atoms with Crippen molar-refractivity contribution in [1.82, 2.24) is 10.6 Å². The van der Waals surface area contributed by atoms with E-state index in [1.165, 1.54) is 51.5 Å². The summed E-state index contributed by atoms with van der Waals surface area (Å²) in [7, 11) is 2.00. The first kappa shape index (κ1) is 22.2. The predicted molar refractivity (Wildman–Crippen MR) is 94.5 cm³/mol. The first-order valence-electron chi connectivity index (χ1n) is 9.02. The van der Waals surface area contributed by atoms with Gasteiger partial charge in [-0.25, -0.2) is 0 Å². The molecule has 0 saturated heterocycles. The maximum absolute atomic E-state index is 3.42. The lowest BCUT2D eigenvalue weighted by molar-refractivity contribution is 0.385. The Morgan fingerprint density at radius 2 is 1.50 bits per heavy atom. The number of hydrogen-bond acceptors (Lipinski definition) is 2. The van der Waals surface area contributed by atoms with Crippen LogP contribution in [-0.4, -0.2) is 26.7 Å².